The van der Waals surface area contributed by atoms with E-state index < -0.39 is 12.0 Å². The molecule has 0 saturated heterocycles. The second-order valence-electron chi connectivity index (χ2n) is 7.10. The van der Waals surface area contributed by atoms with Crippen molar-refractivity contribution in [3.8, 4) is 0 Å². The molecule has 1 atom stereocenters. The number of rotatable bonds is 5. The Labute approximate surface area is 198 Å². The number of carbonyl (C=O) groups is 1. The van der Waals surface area contributed by atoms with Gasteiger partial charge in [-0.05, 0) is 55.5 Å². The van der Waals surface area contributed by atoms with Gasteiger partial charge in [0.2, 0.25) is 0 Å². The van der Waals surface area contributed by atoms with Crippen LogP contribution in [0.15, 0.2) is 74.5 Å². The van der Waals surface area contributed by atoms with Gasteiger partial charge in [0.05, 0.1) is 28.5 Å². The van der Waals surface area contributed by atoms with E-state index in [0.29, 0.717) is 25.6 Å². The standard InChI is InChI=1S/C24H21ClN2O3S2/c1-4-30-23(29)20-14(2)26-24-27(21(20)15-9-11-17(31-3)12-10-15)22(28)19(32-24)13-16-7-5-6-8-18(16)25/h5-13,21H,4H2,1-3H3. The van der Waals surface area contributed by atoms with Gasteiger partial charge in [-0.3, -0.25) is 9.36 Å². The molecule has 0 aliphatic carbocycles. The third-order valence-electron chi connectivity index (χ3n) is 5.14. The molecule has 1 aliphatic heterocycles. The largest absolute Gasteiger partial charge is 0.463 e. The van der Waals surface area contributed by atoms with Crippen LogP contribution >= 0.6 is 34.7 Å². The predicted octanol–water partition coefficient (Wildman–Crippen LogP) is 4.17. The molecular formula is C24H21ClN2O3S2. The van der Waals surface area contributed by atoms with Crippen LogP contribution in [0.2, 0.25) is 5.02 Å². The Hall–Kier alpha value is -2.61. The van der Waals surface area contributed by atoms with E-state index in [1.807, 2.05) is 48.7 Å². The van der Waals surface area contributed by atoms with Gasteiger partial charge in [-0.2, -0.15) is 0 Å². The highest BCUT2D eigenvalue weighted by atomic mass is 35.5. The molecule has 0 amide bonds. The first kappa shape index (κ1) is 22.6. The van der Waals surface area contributed by atoms with Crippen LogP contribution in [-0.2, 0) is 9.53 Å². The highest BCUT2D eigenvalue weighted by molar-refractivity contribution is 7.98. The van der Waals surface area contributed by atoms with Crippen molar-refractivity contribution >= 4 is 46.7 Å². The molecule has 0 bridgehead atoms. The summed E-state index contributed by atoms with van der Waals surface area (Å²) in [4.78, 5) is 32.7. The van der Waals surface area contributed by atoms with Gasteiger partial charge in [0.15, 0.2) is 4.80 Å². The smallest absolute Gasteiger partial charge is 0.338 e. The molecule has 4 rings (SSSR count). The highest BCUT2D eigenvalue weighted by Crippen LogP contribution is 2.31. The molecule has 0 fully saturated rings. The highest BCUT2D eigenvalue weighted by Gasteiger charge is 2.33. The lowest BCUT2D eigenvalue weighted by Crippen LogP contribution is -2.39. The van der Waals surface area contributed by atoms with Crippen LogP contribution in [0.1, 0.15) is 31.0 Å². The fourth-order valence-corrected chi connectivity index (χ4v) is 5.26. The number of hydrogen-bond acceptors (Lipinski definition) is 6. The van der Waals surface area contributed by atoms with E-state index in [2.05, 4.69) is 4.99 Å². The Morgan fingerprint density at radius 1 is 1.25 bits per heavy atom. The van der Waals surface area contributed by atoms with Crippen molar-refractivity contribution in [3.05, 3.63) is 95.6 Å². The number of esters is 1. The Morgan fingerprint density at radius 2 is 1.97 bits per heavy atom. The summed E-state index contributed by atoms with van der Waals surface area (Å²) in [6, 6.07) is 14.6. The number of thioether (sulfide) groups is 1. The van der Waals surface area contributed by atoms with Crippen molar-refractivity contribution < 1.29 is 9.53 Å². The Morgan fingerprint density at radius 3 is 2.62 bits per heavy atom. The van der Waals surface area contributed by atoms with Gasteiger partial charge >= 0.3 is 5.97 Å². The van der Waals surface area contributed by atoms with Gasteiger partial charge < -0.3 is 4.74 Å². The summed E-state index contributed by atoms with van der Waals surface area (Å²) in [5.41, 5.74) is 2.28. The third-order valence-corrected chi connectivity index (χ3v) is 7.21. The van der Waals surface area contributed by atoms with Crippen LogP contribution < -0.4 is 14.9 Å². The molecule has 32 heavy (non-hydrogen) atoms. The van der Waals surface area contributed by atoms with E-state index in [-0.39, 0.29) is 12.2 Å². The lowest BCUT2D eigenvalue weighted by atomic mass is 9.96. The molecule has 0 spiro atoms. The van der Waals surface area contributed by atoms with Gasteiger partial charge in [-0.1, -0.05) is 53.3 Å². The number of hydrogen-bond donors (Lipinski definition) is 0. The van der Waals surface area contributed by atoms with Crippen LogP contribution in [0.3, 0.4) is 0 Å². The lowest BCUT2D eigenvalue weighted by molar-refractivity contribution is -0.139. The van der Waals surface area contributed by atoms with Crippen LogP contribution in [0.4, 0.5) is 0 Å². The maximum atomic E-state index is 13.5. The third kappa shape index (κ3) is 4.20. The number of carbonyl (C=O) groups excluding carboxylic acids is 1. The number of halogens is 1. The van der Waals surface area contributed by atoms with Crippen LogP contribution in [-0.4, -0.2) is 23.4 Å². The first-order valence-electron chi connectivity index (χ1n) is 10.0. The van der Waals surface area contributed by atoms with Crippen LogP contribution in [0, 0.1) is 0 Å². The topological polar surface area (TPSA) is 60.7 Å². The lowest BCUT2D eigenvalue weighted by Gasteiger charge is -2.24. The van der Waals surface area contributed by atoms with E-state index in [0.717, 1.165) is 16.0 Å². The van der Waals surface area contributed by atoms with Crippen molar-refractivity contribution in [2.45, 2.75) is 24.8 Å². The molecule has 2 aromatic carbocycles. The van der Waals surface area contributed by atoms with Gasteiger partial charge in [0.1, 0.15) is 0 Å². The molecule has 1 unspecified atom stereocenters. The predicted molar refractivity (Wildman–Crippen MR) is 130 cm³/mol. The second kappa shape index (κ2) is 9.48. The number of benzene rings is 2. The maximum absolute atomic E-state index is 13.5. The van der Waals surface area contributed by atoms with Gasteiger partial charge in [0.25, 0.3) is 5.56 Å². The number of thiazole rings is 1. The fourth-order valence-electron chi connectivity index (χ4n) is 3.63. The number of fused-ring (bicyclic) bond motifs is 1. The first-order chi connectivity index (χ1) is 15.4. The second-order valence-corrected chi connectivity index (χ2v) is 9.39. The van der Waals surface area contributed by atoms with Gasteiger partial charge in [-0.25, -0.2) is 9.79 Å². The quantitative estimate of drug-likeness (QED) is 0.403. The molecular weight excluding hydrogens is 464 g/mol. The minimum atomic E-state index is -0.616. The summed E-state index contributed by atoms with van der Waals surface area (Å²) in [5, 5.41) is 0.561. The van der Waals surface area contributed by atoms with E-state index >= 15 is 0 Å². The van der Waals surface area contributed by atoms with E-state index in [1.165, 1.54) is 11.3 Å². The zero-order valence-electron chi connectivity index (χ0n) is 17.8. The SMILES string of the molecule is CCOC(=O)C1=C(C)N=c2sc(=Cc3ccccc3Cl)c(=O)n2C1c1ccc(SC)cc1. The Bertz CT molecular complexity index is 1390. The number of aromatic nitrogens is 1. The molecule has 0 N–H and O–H groups in total. The molecule has 3 aromatic rings. The number of nitrogens with zero attached hydrogens (tertiary/aromatic N) is 2. The van der Waals surface area contributed by atoms with Crippen molar-refractivity contribution in [2.75, 3.05) is 12.9 Å². The van der Waals surface area contributed by atoms with Crippen LogP contribution in [0.5, 0.6) is 0 Å². The molecule has 1 aliphatic rings. The summed E-state index contributed by atoms with van der Waals surface area (Å²) in [6.07, 6.45) is 3.77. The first-order valence-corrected chi connectivity index (χ1v) is 12.4. The minimum absolute atomic E-state index is 0.220. The zero-order valence-corrected chi connectivity index (χ0v) is 20.2. The molecule has 0 radical (unpaired) electrons. The molecule has 1 aromatic heterocycles. The molecule has 5 nitrogen and oxygen atoms in total. The fraction of sp³-hybridized carbons (Fsp3) is 0.208. The summed E-state index contributed by atoms with van der Waals surface area (Å²) in [5.74, 6) is -0.465. The van der Waals surface area contributed by atoms with Gasteiger partial charge in [0, 0.05) is 9.92 Å². The zero-order chi connectivity index (χ0) is 22.8. The number of ether oxygens (including phenoxy) is 1. The minimum Gasteiger partial charge on any atom is -0.463 e. The average molecular weight is 485 g/mol. The van der Waals surface area contributed by atoms with E-state index in [4.69, 9.17) is 16.3 Å². The number of allylic oxidation sites excluding steroid dienone is 1. The van der Waals surface area contributed by atoms with Crippen molar-refractivity contribution in [1.82, 2.24) is 4.57 Å². The maximum Gasteiger partial charge on any atom is 0.338 e. The van der Waals surface area contributed by atoms with Crippen molar-refractivity contribution in [2.24, 2.45) is 4.99 Å². The monoisotopic (exact) mass is 484 g/mol. The summed E-state index contributed by atoms with van der Waals surface area (Å²) >= 11 is 9.21. The summed E-state index contributed by atoms with van der Waals surface area (Å²) in [7, 11) is 0. The van der Waals surface area contributed by atoms with E-state index in [9.17, 15) is 9.59 Å². The van der Waals surface area contributed by atoms with Gasteiger partial charge in [-0.15, -0.1) is 11.8 Å². The average Bonchev–Trinajstić information content (AvgIpc) is 3.09. The van der Waals surface area contributed by atoms with E-state index in [1.54, 1.807) is 42.3 Å². The van der Waals surface area contributed by atoms with Crippen LogP contribution in [0.25, 0.3) is 6.08 Å². The molecule has 164 valence electrons. The Kier molecular flexibility index (Phi) is 6.69. The normalized spacial score (nSPS) is 16.0. The Balaban J connectivity index is 1.96. The summed E-state index contributed by atoms with van der Waals surface area (Å²) < 4.78 is 7.41. The summed E-state index contributed by atoms with van der Waals surface area (Å²) in [6.45, 7) is 3.78. The molecule has 8 heteroatoms. The molecule has 0 saturated carbocycles. The van der Waals surface area contributed by atoms with Crippen molar-refractivity contribution in [3.63, 3.8) is 0 Å². The van der Waals surface area contributed by atoms with Crippen molar-refractivity contribution in [1.29, 1.82) is 0 Å². The molecule has 2 heterocycles.